The van der Waals surface area contributed by atoms with Crippen LogP contribution in [0, 0.1) is 11.6 Å². The molecule has 3 aromatic heterocycles. The van der Waals surface area contributed by atoms with Crippen molar-refractivity contribution in [2.24, 2.45) is 10.7 Å². The summed E-state index contributed by atoms with van der Waals surface area (Å²) in [6.45, 7) is 4.12. The number of pyridine rings is 1. The van der Waals surface area contributed by atoms with E-state index in [4.69, 9.17) is 10.2 Å². The summed E-state index contributed by atoms with van der Waals surface area (Å²) in [4.78, 5) is 7.81. The standard InChI is InChI=1S/C23H20F2N4O/c1-14(2)29-12-10-17(15-3-5-16(24)6-4-15)22(29)20-7-8-21(30-20)23(26)28-19-9-11-27-13-18(19)25/h3-14H,1-2H3,(H2,26,27,28). The number of hydrogen-bond acceptors (Lipinski definition) is 3. The van der Waals surface area contributed by atoms with Crippen LogP contribution in [-0.4, -0.2) is 15.4 Å². The second-order valence-corrected chi connectivity index (χ2v) is 7.07. The van der Waals surface area contributed by atoms with E-state index in [1.165, 1.54) is 24.4 Å². The van der Waals surface area contributed by atoms with Crippen molar-refractivity contribution >= 4 is 11.5 Å². The predicted molar refractivity (Wildman–Crippen MR) is 112 cm³/mol. The van der Waals surface area contributed by atoms with Gasteiger partial charge in [-0.05, 0) is 55.8 Å². The van der Waals surface area contributed by atoms with Gasteiger partial charge in [0.05, 0.1) is 11.9 Å². The Hall–Kier alpha value is -3.74. The number of amidine groups is 1. The van der Waals surface area contributed by atoms with Crippen molar-refractivity contribution in [3.63, 3.8) is 0 Å². The minimum Gasteiger partial charge on any atom is -0.451 e. The summed E-state index contributed by atoms with van der Waals surface area (Å²) in [5.41, 5.74) is 8.74. The van der Waals surface area contributed by atoms with Crippen LogP contribution in [0.5, 0.6) is 0 Å². The van der Waals surface area contributed by atoms with Crippen LogP contribution in [0.2, 0.25) is 0 Å². The van der Waals surface area contributed by atoms with E-state index in [1.54, 1.807) is 24.3 Å². The third kappa shape index (κ3) is 3.74. The maximum atomic E-state index is 13.8. The molecule has 0 spiro atoms. The largest absolute Gasteiger partial charge is 0.451 e. The van der Waals surface area contributed by atoms with Crippen molar-refractivity contribution in [2.45, 2.75) is 19.9 Å². The fraction of sp³-hybridized carbons (Fsp3) is 0.130. The lowest BCUT2D eigenvalue weighted by Gasteiger charge is -2.13. The van der Waals surface area contributed by atoms with Gasteiger partial charge in [0.1, 0.15) is 11.5 Å². The average molecular weight is 406 g/mol. The van der Waals surface area contributed by atoms with Gasteiger partial charge in [0.25, 0.3) is 0 Å². The zero-order valence-electron chi connectivity index (χ0n) is 16.5. The van der Waals surface area contributed by atoms with Crippen LogP contribution in [-0.2, 0) is 0 Å². The SMILES string of the molecule is CC(C)n1ccc(-c2ccc(F)cc2)c1-c1ccc(C(N)=Nc2ccncc2F)o1. The summed E-state index contributed by atoms with van der Waals surface area (Å²) in [6.07, 6.45) is 4.47. The van der Waals surface area contributed by atoms with Crippen molar-refractivity contribution in [3.05, 3.63) is 84.5 Å². The molecule has 0 unspecified atom stereocenters. The van der Waals surface area contributed by atoms with E-state index < -0.39 is 5.82 Å². The fourth-order valence-corrected chi connectivity index (χ4v) is 3.25. The first-order valence-corrected chi connectivity index (χ1v) is 9.45. The second-order valence-electron chi connectivity index (χ2n) is 7.07. The highest BCUT2D eigenvalue weighted by Gasteiger charge is 2.19. The number of hydrogen-bond donors (Lipinski definition) is 1. The number of rotatable bonds is 5. The molecule has 152 valence electrons. The van der Waals surface area contributed by atoms with Gasteiger partial charge < -0.3 is 14.7 Å². The second kappa shape index (κ2) is 7.94. The van der Waals surface area contributed by atoms with Crippen LogP contribution in [0.25, 0.3) is 22.6 Å². The summed E-state index contributed by atoms with van der Waals surface area (Å²) in [7, 11) is 0. The highest BCUT2D eigenvalue weighted by molar-refractivity contribution is 5.97. The van der Waals surface area contributed by atoms with Crippen LogP contribution >= 0.6 is 0 Å². The van der Waals surface area contributed by atoms with E-state index in [1.807, 2.05) is 12.3 Å². The highest BCUT2D eigenvalue weighted by Crippen LogP contribution is 2.36. The summed E-state index contributed by atoms with van der Waals surface area (Å²) < 4.78 is 35.3. The first-order valence-electron chi connectivity index (χ1n) is 9.45. The molecule has 0 saturated carbocycles. The average Bonchev–Trinajstić information content (AvgIpc) is 3.37. The number of halogens is 2. The molecule has 0 aliphatic carbocycles. The molecule has 0 radical (unpaired) electrons. The molecule has 1 aromatic carbocycles. The molecule has 2 N–H and O–H groups in total. The van der Waals surface area contributed by atoms with Crippen LogP contribution < -0.4 is 5.73 Å². The number of furan rings is 1. The van der Waals surface area contributed by atoms with Crippen LogP contribution in [0.15, 0.2) is 76.5 Å². The van der Waals surface area contributed by atoms with Crippen molar-refractivity contribution in [1.29, 1.82) is 0 Å². The first-order chi connectivity index (χ1) is 14.4. The van der Waals surface area contributed by atoms with E-state index >= 15 is 0 Å². The molecular weight excluding hydrogens is 386 g/mol. The van der Waals surface area contributed by atoms with E-state index in [0.717, 1.165) is 23.0 Å². The summed E-state index contributed by atoms with van der Waals surface area (Å²) >= 11 is 0. The van der Waals surface area contributed by atoms with Crippen LogP contribution in [0.4, 0.5) is 14.5 Å². The van der Waals surface area contributed by atoms with Crippen LogP contribution in [0.3, 0.4) is 0 Å². The topological polar surface area (TPSA) is 69.3 Å². The third-order valence-corrected chi connectivity index (χ3v) is 4.71. The number of nitrogens with zero attached hydrogens (tertiary/aromatic N) is 3. The predicted octanol–water partition coefficient (Wildman–Crippen LogP) is 5.71. The van der Waals surface area contributed by atoms with Gasteiger partial charge in [0.15, 0.2) is 23.2 Å². The minimum atomic E-state index is -0.570. The first kappa shape index (κ1) is 19.6. The molecule has 7 heteroatoms. The monoisotopic (exact) mass is 406 g/mol. The van der Waals surface area contributed by atoms with E-state index in [0.29, 0.717) is 11.5 Å². The van der Waals surface area contributed by atoms with Gasteiger partial charge in [0, 0.05) is 24.0 Å². The zero-order chi connectivity index (χ0) is 21.3. The van der Waals surface area contributed by atoms with Crippen molar-refractivity contribution in [2.75, 3.05) is 0 Å². The van der Waals surface area contributed by atoms with Crippen molar-refractivity contribution in [1.82, 2.24) is 9.55 Å². The molecule has 0 atom stereocenters. The van der Waals surface area contributed by atoms with Gasteiger partial charge in [-0.1, -0.05) is 12.1 Å². The molecule has 5 nitrogen and oxygen atoms in total. The van der Waals surface area contributed by atoms with Gasteiger partial charge in [-0.2, -0.15) is 0 Å². The molecule has 0 fully saturated rings. The Morgan fingerprint density at radius 2 is 1.83 bits per heavy atom. The third-order valence-electron chi connectivity index (χ3n) is 4.71. The highest BCUT2D eigenvalue weighted by atomic mass is 19.1. The Morgan fingerprint density at radius 1 is 1.07 bits per heavy atom. The molecule has 3 heterocycles. The number of aromatic nitrogens is 2. The van der Waals surface area contributed by atoms with Crippen LogP contribution in [0.1, 0.15) is 25.6 Å². The van der Waals surface area contributed by atoms with Gasteiger partial charge in [-0.3, -0.25) is 4.98 Å². The smallest absolute Gasteiger partial charge is 0.169 e. The quantitative estimate of drug-likeness (QED) is 0.341. The molecule has 4 aromatic rings. The molecule has 0 aliphatic heterocycles. The molecule has 0 saturated heterocycles. The summed E-state index contributed by atoms with van der Waals surface area (Å²) in [5, 5.41) is 0. The lowest BCUT2D eigenvalue weighted by Crippen LogP contribution is -2.11. The summed E-state index contributed by atoms with van der Waals surface area (Å²) in [6, 6.07) is 13.4. The number of aliphatic imine (C=N–C) groups is 1. The van der Waals surface area contributed by atoms with E-state index in [2.05, 4.69) is 28.4 Å². The molecule has 0 aliphatic rings. The lowest BCUT2D eigenvalue weighted by atomic mass is 10.0. The maximum absolute atomic E-state index is 13.8. The zero-order valence-corrected chi connectivity index (χ0v) is 16.5. The number of benzene rings is 1. The Balaban J connectivity index is 1.77. The Bertz CT molecular complexity index is 1210. The molecular formula is C23H20F2N4O. The maximum Gasteiger partial charge on any atom is 0.169 e. The van der Waals surface area contributed by atoms with Gasteiger partial charge in [-0.15, -0.1) is 0 Å². The Morgan fingerprint density at radius 3 is 2.53 bits per heavy atom. The van der Waals surface area contributed by atoms with Gasteiger partial charge >= 0.3 is 0 Å². The Labute approximate surface area is 172 Å². The van der Waals surface area contributed by atoms with Gasteiger partial charge in [-0.25, -0.2) is 13.8 Å². The summed E-state index contributed by atoms with van der Waals surface area (Å²) in [5.74, 6) is 0.0900. The van der Waals surface area contributed by atoms with Gasteiger partial charge in [0.2, 0.25) is 0 Å². The van der Waals surface area contributed by atoms with E-state index in [9.17, 15) is 8.78 Å². The lowest BCUT2D eigenvalue weighted by molar-refractivity contribution is 0.549. The molecule has 0 amide bonds. The minimum absolute atomic E-state index is 0.0531. The molecule has 4 rings (SSSR count). The fourth-order valence-electron chi connectivity index (χ4n) is 3.25. The van der Waals surface area contributed by atoms with Crippen molar-refractivity contribution < 1.29 is 13.2 Å². The molecule has 30 heavy (non-hydrogen) atoms. The Kier molecular flexibility index (Phi) is 5.18. The molecule has 0 bridgehead atoms. The van der Waals surface area contributed by atoms with Crippen molar-refractivity contribution in [3.8, 4) is 22.6 Å². The normalized spacial score (nSPS) is 12.0. The van der Waals surface area contributed by atoms with E-state index in [-0.39, 0.29) is 23.4 Å². The number of nitrogens with two attached hydrogens (primary N) is 1.